The van der Waals surface area contributed by atoms with E-state index in [2.05, 4.69) is 20.6 Å². The van der Waals surface area contributed by atoms with Gasteiger partial charge in [-0.25, -0.2) is 9.97 Å². The predicted molar refractivity (Wildman–Crippen MR) is 102 cm³/mol. The number of hydrogen-bond acceptors (Lipinski definition) is 6. The highest BCUT2D eigenvalue weighted by Gasteiger charge is 2.12. The van der Waals surface area contributed by atoms with Crippen LogP contribution in [0, 0.1) is 0 Å². The number of anilines is 4. The summed E-state index contributed by atoms with van der Waals surface area (Å²) in [5.74, 6) is 2.66. The fourth-order valence-corrected chi connectivity index (χ4v) is 2.85. The Kier molecular flexibility index (Phi) is 4.69. The molecule has 0 saturated heterocycles. The maximum Gasteiger partial charge on any atom is 0.163 e. The molecule has 1 aliphatic rings. The quantitative estimate of drug-likeness (QED) is 0.652. The van der Waals surface area contributed by atoms with Crippen LogP contribution < -0.4 is 20.1 Å². The Hall–Kier alpha value is -2.70. The lowest BCUT2D eigenvalue weighted by atomic mass is 10.2. The Morgan fingerprint density at radius 1 is 0.846 bits per heavy atom. The topological polar surface area (TPSA) is 68.3 Å². The predicted octanol–water partition coefficient (Wildman–Crippen LogP) is 5.04. The molecule has 4 rings (SSSR count). The molecule has 6 nitrogen and oxygen atoms in total. The third-order valence-electron chi connectivity index (χ3n) is 3.70. The largest absolute Gasteiger partial charge is 0.486 e. The Morgan fingerprint density at radius 3 is 2.46 bits per heavy atom. The summed E-state index contributed by atoms with van der Waals surface area (Å²) >= 11 is 12.2. The zero-order chi connectivity index (χ0) is 17.9. The van der Waals surface area contributed by atoms with Crippen LogP contribution in [0.15, 0.2) is 48.8 Å². The fraction of sp³-hybridized carbons (Fsp3) is 0.111. The summed E-state index contributed by atoms with van der Waals surface area (Å²) in [6.45, 7) is 1.10. The Morgan fingerprint density at radius 2 is 1.62 bits per heavy atom. The van der Waals surface area contributed by atoms with Gasteiger partial charge < -0.3 is 20.1 Å². The van der Waals surface area contributed by atoms with E-state index in [1.54, 1.807) is 12.1 Å². The van der Waals surface area contributed by atoms with E-state index in [1.165, 1.54) is 6.33 Å². The van der Waals surface area contributed by atoms with E-state index in [0.29, 0.717) is 46.3 Å². The van der Waals surface area contributed by atoms with Crippen LogP contribution in [-0.2, 0) is 0 Å². The molecule has 1 aromatic heterocycles. The van der Waals surface area contributed by atoms with Gasteiger partial charge in [0.25, 0.3) is 0 Å². The molecular weight excluding hydrogens is 375 g/mol. The Bertz CT molecular complexity index is 952. The molecular formula is C18H14Cl2N4O2. The first kappa shape index (κ1) is 16.8. The van der Waals surface area contributed by atoms with Crippen molar-refractivity contribution in [2.45, 2.75) is 0 Å². The number of benzene rings is 2. The van der Waals surface area contributed by atoms with Crippen LogP contribution in [0.2, 0.25) is 10.0 Å². The third kappa shape index (κ3) is 3.61. The average molecular weight is 389 g/mol. The second-order valence-corrected chi connectivity index (χ2v) is 6.28. The number of halogens is 2. The first-order valence-electron chi connectivity index (χ1n) is 7.89. The van der Waals surface area contributed by atoms with Crippen LogP contribution >= 0.6 is 23.2 Å². The van der Waals surface area contributed by atoms with Crippen molar-refractivity contribution in [2.24, 2.45) is 0 Å². The second-order valence-electron chi connectivity index (χ2n) is 5.50. The standard InChI is InChI=1S/C18H14Cl2N4O2/c19-12-2-1-3-13(18(12)20)24-17-9-16(21-10-22-17)23-11-4-5-14-15(8-11)26-7-6-25-14/h1-5,8-10H,6-7H2,(H2,21,22,23,24). The van der Waals surface area contributed by atoms with Crippen molar-refractivity contribution < 1.29 is 9.47 Å². The highest BCUT2D eigenvalue weighted by molar-refractivity contribution is 6.43. The van der Waals surface area contributed by atoms with Crippen molar-refractivity contribution >= 4 is 46.2 Å². The molecule has 1 aliphatic heterocycles. The van der Waals surface area contributed by atoms with E-state index < -0.39 is 0 Å². The van der Waals surface area contributed by atoms with Crippen molar-refractivity contribution in [1.82, 2.24) is 9.97 Å². The number of hydrogen-bond donors (Lipinski definition) is 2. The van der Waals surface area contributed by atoms with Crippen molar-refractivity contribution in [3.05, 3.63) is 58.8 Å². The molecule has 0 aliphatic carbocycles. The van der Waals surface area contributed by atoms with Crippen LogP contribution in [0.4, 0.5) is 23.0 Å². The van der Waals surface area contributed by atoms with E-state index >= 15 is 0 Å². The first-order chi connectivity index (χ1) is 12.7. The van der Waals surface area contributed by atoms with Crippen LogP contribution in [0.25, 0.3) is 0 Å². The Labute approximate surface area is 160 Å². The molecule has 2 N–H and O–H groups in total. The smallest absolute Gasteiger partial charge is 0.163 e. The maximum atomic E-state index is 6.20. The molecule has 0 atom stereocenters. The first-order valence-corrected chi connectivity index (χ1v) is 8.64. The lowest BCUT2D eigenvalue weighted by Crippen LogP contribution is -2.15. The normalized spacial score (nSPS) is 12.5. The minimum atomic E-state index is 0.439. The summed E-state index contributed by atoms with van der Waals surface area (Å²) in [6.07, 6.45) is 1.46. The number of rotatable bonds is 4. The van der Waals surface area contributed by atoms with Crippen molar-refractivity contribution in [1.29, 1.82) is 0 Å². The lowest BCUT2D eigenvalue weighted by Gasteiger charge is -2.19. The van der Waals surface area contributed by atoms with Gasteiger partial charge in [0.2, 0.25) is 0 Å². The van der Waals surface area contributed by atoms with Gasteiger partial charge in [0, 0.05) is 17.8 Å². The van der Waals surface area contributed by atoms with Gasteiger partial charge in [-0.1, -0.05) is 29.3 Å². The molecule has 0 unspecified atom stereocenters. The summed E-state index contributed by atoms with van der Waals surface area (Å²) < 4.78 is 11.1. The van der Waals surface area contributed by atoms with Crippen molar-refractivity contribution in [3.63, 3.8) is 0 Å². The SMILES string of the molecule is Clc1cccc(Nc2cc(Nc3ccc4c(c3)OCCO4)ncn2)c1Cl. The molecule has 132 valence electrons. The summed E-state index contributed by atoms with van der Waals surface area (Å²) in [7, 11) is 0. The highest BCUT2D eigenvalue weighted by Crippen LogP contribution is 2.34. The number of aromatic nitrogens is 2. The van der Waals surface area contributed by atoms with Gasteiger partial charge in [-0.05, 0) is 24.3 Å². The summed E-state index contributed by atoms with van der Waals surface area (Å²) in [6, 6.07) is 12.8. The fourth-order valence-electron chi connectivity index (χ4n) is 2.50. The van der Waals surface area contributed by atoms with E-state index in [9.17, 15) is 0 Å². The monoisotopic (exact) mass is 388 g/mol. The number of fused-ring (bicyclic) bond motifs is 1. The molecule has 0 saturated carbocycles. The van der Waals surface area contributed by atoms with Gasteiger partial charge in [0.1, 0.15) is 31.2 Å². The van der Waals surface area contributed by atoms with Crippen LogP contribution in [0.5, 0.6) is 11.5 Å². The Balaban J connectivity index is 1.53. The molecule has 0 amide bonds. The molecule has 0 bridgehead atoms. The van der Waals surface area contributed by atoms with E-state index in [1.807, 2.05) is 30.3 Å². The van der Waals surface area contributed by atoms with E-state index in [0.717, 1.165) is 11.4 Å². The van der Waals surface area contributed by atoms with Crippen LogP contribution in [0.3, 0.4) is 0 Å². The summed E-state index contributed by atoms with van der Waals surface area (Å²) in [5, 5.41) is 7.27. The van der Waals surface area contributed by atoms with Gasteiger partial charge in [-0.2, -0.15) is 0 Å². The van der Waals surface area contributed by atoms with Gasteiger partial charge in [0.05, 0.1) is 15.7 Å². The average Bonchev–Trinajstić information content (AvgIpc) is 2.66. The van der Waals surface area contributed by atoms with Crippen molar-refractivity contribution in [2.75, 3.05) is 23.8 Å². The van der Waals surface area contributed by atoms with Crippen LogP contribution in [0.1, 0.15) is 0 Å². The number of ether oxygens (including phenoxy) is 2. The molecule has 8 heteroatoms. The van der Waals surface area contributed by atoms with E-state index in [4.69, 9.17) is 32.7 Å². The maximum absolute atomic E-state index is 6.20. The number of nitrogens with one attached hydrogen (secondary N) is 2. The van der Waals surface area contributed by atoms with Crippen molar-refractivity contribution in [3.8, 4) is 11.5 Å². The zero-order valence-corrected chi connectivity index (χ0v) is 15.0. The molecule has 0 spiro atoms. The zero-order valence-electron chi connectivity index (χ0n) is 13.5. The summed E-state index contributed by atoms with van der Waals surface area (Å²) in [4.78, 5) is 8.44. The van der Waals surface area contributed by atoms with Gasteiger partial charge in [-0.15, -0.1) is 0 Å². The van der Waals surface area contributed by atoms with E-state index in [-0.39, 0.29) is 0 Å². The lowest BCUT2D eigenvalue weighted by molar-refractivity contribution is 0.171. The van der Waals surface area contributed by atoms with Gasteiger partial charge in [-0.3, -0.25) is 0 Å². The molecule has 2 heterocycles. The minimum Gasteiger partial charge on any atom is -0.486 e. The molecule has 0 radical (unpaired) electrons. The molecule has 0 fully saturated rings. The second kappa shape index (κ2) is 7.27. The summed E-state index contributed by atoms with van der Waals surface area (Å²) in [5.41, 5.74) is 1.50. The number of nitrogens with zero attached hydrogens (tertiary/aromatic N) is 2. The van der Waals surface area contributed by atoms with Crippen LogP contribution in [-0.4, -0.2) is 23.2 Å². The minimum absolute atomic E-state index is 0.439. The molecule has 2 aromatic carbocycles. The van der Waals surface area contributed by atoms with Gasteiger partial charge >= 0.3 is 0 Å². The van der Waals surface area contributed by atoms with Gasteiger partial charge in [0.15, 0.2) is 11.5 Å². The molecule has 3 aromatic rings. The molecule has 26 heavy (non-hydrogen) atoms. The highest BCUT2D eigenvalue weighted by atomic mass is 35.5. The third-order valence-corrected chi connectivity index (χ3v) is 4.51.